The van der Waals surface area contributed by atoms with E-state index in [0.717, 1.165) is 27.5 Å². The molecule has 0 spiro atoms. The summed E-state index contributed by atoms with van der Waals surface area (Å²) < 4.78 is 12.2. The molecule has 0 atom stereocenters. The van der Waals surface area contributed by atoms with Crippen molar-refractivity contribution in [1.82, 2.24) is 0 Å². The minimum absolute atomic E-state index is 0.368. The van der Waals surface area contributed by atoms with Crippen LogP contribution in [-0.4, -0.2) is 24.9 Å². The van der Waals surface area contributed by atoms with Crippen molar-refractivity contribution >= 4 is 29.7 Å². The first-order valence-corrected chi connectivity index (χ1v) is 8.27. The van der Waals surface area contributed by atoms with E-state index in [1.165, 1.54) is 0 Å². The number of anilines is 1. The molecule has 0 amide bonds. The molecule has 3 rings (SSSR count). The second kappa shape index (κ2) is 5.92. The van der Waals surface area contributed by atoms with Crippen molar-refractivity contribution in [2.24, 2.45) is 5.73 Å². The number of hydrogen-bond acceptors (Lipinski definition) is 4. The van der Waals surface area contributed by atoms with Gasteiger partial charge in [-0.3, -0.25) is 0 Å². The molecular formula is C19H25BN2O2. The molecule has 1 saturated heterocycles. The smallest absolute Gasteiger partial charge is 0.400 e. The molecule has 4 N–H and O–H groups in total. The fourth-order valence-corrected chi connectivity index (χ4v) is 2.80. The molecule has 5 heteroatoms. The fraction of sp³-hybridized carbons (Fsp3) is 0.368. The van der Waals surface area contributed by atoms with Gasteiger partial charge in [0.05, 0.1) is 11.2 Å². The maximum Gasteiger partial charge on any atom is 0.491 e. The monoisotopic (exact) mass is 324 g/mol. The highest BCUT2D eigenvalue weighted by atomic mass is 16.7. The lowest BCUT2D eigenvalue weighted by atomic mass is 9.77. The lowest BCUT2D eigenvalue weighted by Gasteiger charge is -2.32. The van der Waals surface area contributed by atoms with Gasteiger partial charge in [-0.25, -0.2) is 0 Å². The quantitative estimate of drug-likeness (QED) is 0.671. The molecule has 126 valence electrons. The van der Waals surface area contributed by atoms with Crippen LogP contribution in [-0.2, 0) is 9.31 Å². The predicted molar refractivity (Wildman–Crippen MR) is 101 cm³/mol. The number of nitrogen functional groups attached to an aromatic ring is 1. The summed E-state index contributed by atoms with van der Waals surface area (Å²) in [6, 6.07) is 12.2. The highest BCUT2D eigenvalue weighted by molar-refractivity contribution is 6.55. The van der Waals surface area contributed by atoms with Crippen molar-refractivity contribution in [3.05, 3.63) is 47.4 Å². The summed E-state index contributed by atoms with van der Waals surface area (Å²) in [7, 11) is -0.415. The fourth-order valence-electron chi connectivity index (χ4n) is 2.80. The highest BCUT2D eigenvalue weighted by Crippen LogP contribution is 2.38. The topological polar surface area (TPSA) is 70.5 Å². The Hall–Kier alpha value is -1.82. The molecule has 4 nitrogen and oxygen atoms in total. The van der Waals surface area contributed by atoms with Crippen LogP contribution < -0.4 is 11.5 Å². The van der Waals surface area contributed by atoms with Crippen molar-refractivity contribution in [2.45, 2.75) is 38.9 Å². The number of fused-ring (bicyclic) bond motifs is 1. The van der Waals surface area contributed by atoms with Crippen molar-refractivity contribution in [1.29, 1.82) is 0 Å². The Kier molecular flexibility index (Phi) is 4.20. The van der Waals surface area contributed by atoms with E-state index in [2.05, 4.69) is 24.3 Å². The van der Waals surface area contributed by atoms with E-state index in [1.807, 2.05) is 45.9 Å². The molecule has 0 bridgehead atoms. The standard InChI is InChI=1S/C19H25BN2O2/c1-18(2)19(3,4)24-20(23-18)16(12-21)10-13-5-6-15-11-17(22)8-7-14(15)9-13/h5-11H,12,21-22H2,1-4H3. The van der Waals surface area contributed by atoms with Gasteiger partial charge in [-0.05, 0) is 67.7 Å². The zero-order valence-corrected chi connectivity index (χ0v) is 14.8. The first kappa shape index (κ1) is 17.0. The summed E-state index contributed by atoms with van der Waals surface area (Å²) in [5.74, 6) is 0. The number of benzene rings is 2. The summed E-state index contributed by atoms with van der Waals surface area (Å²) in [6.07, 6.45) is 2.05. The molecule has 0 aliphatic carbocycles. The summed E-state index contributed by atoms with van der Waals surface area (Å²) in [5, 5.41) is 2.26. The Morgan fingerprint density at radius 3 is 2.21 bits per heavy atom. The average Bonchev–Trinajstić information content (AvgIpc) is 2.73. The molecule has 24 heavy (non-hydrogen) atoms. The maximum atomic E-state index is 6.11. The van der Waals surface area contributed by atoms with Gasteiger partial charge in [0.15, 0.2) is 0 Å². The second-order valence-corrected chi connectivity index (χ2v) is 7.38. The number of rotatable bonds is 3. The second-order valence-electron chi connectivity index (χ2n) is 7.38. The summed E-state index contributed by atoms with van der Waals surface area (Å²) >= 11 is 0. The normalized spacial score (nSPS) is 19.9. The molecule has 0 aromatic heterocycles. The zero-order chi connectivity index (χ0) is 17.5. The number of hydrogen-bond donors (Lipinski definition) is 2. The maximum absolute atomic E-state index is 6.11. The van der Waals surface area contributed by atoms with Gasteiger partial charge in [0.2, 0.25) is 0 Å². The van der Waals surface area contributed by atoms with Gasteiger partial charge < -0.3 is 20.8 Å². The minimum atomic E-state index is -0.415. The Morgan fingerprint density at radius 1 is 1.00 bits per heavy atom. The SMILES string of the molecule is CC1(C)OB(C(=Cc2ccc3cc(N)ccc3c2)CN)OC1(C)C. The molecule has 2 aromatic carbocycles. The van der Waals surface area contributed by atoms with Gasteiger partial charge in [-0.2, -0.15) is 0 Å². The molecule has 0 saturated carbocycles. The molecule has 2 aromatic rings. The first-order chi connectivity index (χ1) is 11.2. The van der Waals surface area contributed by atoms with E-state index < -0.39 is 7.12 Å². The Bertz CT molecular complexity index is 783. The first-order valence-electron chi connectivity index (χ1n) is 8.27. The van der Waals surface area contributed by atoms with E-state index in [4.69, 9.17) is 20.8 Å². The van der Waals surface area contributed by atoms with Gasteiger partial charge >= 0.3 is 7.12 Å². The third-order valence-electron chi connectivity index (χ3n) is 5.03. The Balaban J connectivity index is 1.92. The van der Waals surface area contributed by atoms with Crippen LogP contribution >= 0.6 is 0 Å². The summed E-state index contributed by atoms with van der Waals surface area (Å²) in [5.41, 5.74) is 13.8. The lowest BCUT2D eigenvalue weighted by Crippen LogP contribution is -2.41. The van der Waals surface area contributed by atoms with Crippen LogP contribution in [0.15, 0.2) is 41.9 Å². The lowest BCUT2D eigenvalue weighted by molar-refractivity contribution is 0.00578. The van der Waals surface area contributed by atoms with Gasteiger partial charge in [-0.15, -0.1) is 0 Å². The van der Waals surface area contributed by atoms with Crippen LogP contribution in [0, 0.1) is 0 Å². The zero-order valence-electron chi connectivity index (χ0n) is 14.8. The third-order valence-corrected chi connectivity index (χ3v) is 5.03. The van der Waals surface area contributed by atoms with E-state index >= 15 is 0 Å². The van der Waals surface area contributed by atoms with Crippen LogP contribution in [0.4, 0.5) is 5.69 Å². The van der Waals surface area contributed by atoms with E-state index in [1.54, 1.807) is 0 Å². The van der Waals surface area contributed by atoms with Crippen LogP contribution in [0.2, 0.25) is 0 Å². The van der Waals surface area contributed by atoms with Crippen molar-refractivity contribution < 1.29 is 9.31 Å². The van der Waals surface area contributed by atoms with Crippen LogP contribution in [0.1, 0.15) is 33.3 Å². The largest absolute Gasteiger partial charge is 0.491 e. The highest BCUT2D eigenvalue weighted by Gasteiger charge is 2.52. The average molecular weight is 324 g/mol. The molecule has 1 aliphatic heterocycles. The predicted octanol–water partition coefficient (Wildman–Crippen LogP) is 3.40. The van der Waals surface area contributed by atoms with Crippen LogP contribution in [0.3, 0.4) is 0 Å². The molecule has 1 heterocycles. The number of nitrogens with two attached hydrogens (primary N) is 2. The van der Waals surface area contributed by atoms with E-state index in [0.29, 0.717) is 6.54 Å². The molecule has 1 fully saturated rings. The van der Waals surface area contributed by atoms with E-state index in [-0.39, 0.29) is 11.2 Å². The molecule has 0 unspecified atom stereocenters. The summed E-state index contributed by atoms with van der Waals surface area (Å²) in [6.45, 7) is 8.56. The molecule has 1 aliphatic rings. The van der Waals surface area contributed by atoms with Gasteiger partial charge in [-0.1, -0.05) is 24.3 Å². The molecule has 0 radical (unpaired) electrons. The van der Waals surface area contributed by atoms with Crippen LogP contribution in [0.25, 0.3) is 16.8 Å². The summed E-state index contributed by atoms with van der Waals surface area (Å²) in [4.78, 5) is 0. The Morgan fingerprint density at radius 2 is 1.58 bits per heavy atom. The van der Waals surface area contributed by atoms with Crippen molar-refractivity contribution in [3.8, 4) is 0 Å². The minimum Gasteiger partial charge on any atom is -0.400 e. The van der Waals surface area contributed by atoms with Crippen molar-refractivity contribution in [2.75, 3.05) is 12.3 Å². The van der Waals surface area contributed by atoms with Gasteiger partial charge in [0, 0.05) is 12.2 Å². The Labute approximate surface area is 144 Å². The third kappa shape index (κ3) is 3.07. The van der Waals surface area contributed by atoms with Crippen LogP contribution in [0.5, 0.6) is 0 Å². The van der Waals surface area contributed by atoms with E-state index in [9.17, 15) is 0 Å². The van der Waals surface area contributed by atoms with Crippen molar-refractivity contribution in [3.63, 3.8) is 0 Å². The molecular weight excluding hydrogens is 299 g/mol. The van der Waals surface area contributed by atoms with Gasteiger partial charge in [0.1, 0.15) is 0 Å². The van der Waals surface area contributed by atoms with Gasteiger partial charge in [0.25, 0.3) is 0 Å².